The Bertz CT molecular complexity index is 197. The highest BCUT2D eigenvalue weighted by Crippen LogP contribution is 2.37. The Hall–Kier alpha value is -0.0800. The van der Waals surface area contributed by atoms with E-state index < -0.39 is 0 Å². The first-order chi connectivity index (χ1) is 7.20. The van der Waals surface area contributed by atoms with Crippen LogP contribution >= 0.6 is 0 Å². The fourth-order valence-corrected chi connectivity index (χ4v) is 3.05. The molecule has 0 aromatic rings. The first-order valence-electron chi connectivity index (χ1n) is 6.62. The number of nitrogens with zero attached hydrogens (tertiary/aromatic N) is 1. The maximum atomic E-state index is 3.43. The van der Waals surface area contributed by atoms with Gasteiger partial charge in [0, 0.05) is 18.6 Å². The Morgan fingerprint density at radius 1 is 1.27 bits per heavy atom. The monoisotopic (exact) mass is 210 g/mol. The third-order valence-corrected chi connectivity index (χ3v) is 4.47. The molecule has 0 bridgehead atoms. The van der Waals surface area contributed by atoms with Crippen LogP contribution in [0.25, 0.3) is 0 Å². The minimum Gasteiger partial charge on any atom is -0.316 e. The summed E-state index contributed by atoms with van der Waals surface area (Å²) in [6, 6.07) is 1.66. The van der Waals surface area contributed by atoms with Crippen molar-refractivity contribution in [3.8, 4) is 0 Å². The van der Waals surface area contributed by atoms with Crippen molar-refractivity contribution >= 4 is 0 Å². The molecule has 2 nitrogen and oxygen atoms in total. The first-order valence-corrected chi connectivity index (χ1v) is 6.62. The fourth-order valence-electron chi connectivity index (χ4n) is 3.05. The first kappa shape index (κ1) is 11.4. The zero-order chi connectivity index (χ0) is 10.8. The van der Waals surface area contributed by atoms with Crippen molar-refractivity contribution in [2.75, 3.05) is 20.1 Å². The molecule has 1 saturated heterocycles. The Kier molecular flexibility index (Phi) is 3.68. The SMILES string of the molecule is CNC1CCCN(C2CC(C(C)C)C2)C1. The molecule has 1 N–H and O–H groups in total. The standard InChI is InChI=1S/C13H26N2/c1-10(2)11-7-13(8-11)15-6-4-5-12(9-15)14-3/h10-14H,4-9H2,1-3H3. The van der Waals surface area contributed by atoms with Gasteiger partial charge in [0.25, 0.3) is 0 Å². The maximum Gasteiger partial charge on any atom is 0.0192 e. The van der Waals surface area contributed by atoms with Crippen LogP contribution in [0, 0.1) is 11.8 Å². The second kappa shape index (κ2) is 4.84. The topological polar surface area (TPSA) is 15.3 Å². The molecule has 2 fully saturated rings. The highest BCUT2D eigenvalue weighted by Gasteiger charge is 2.36. The van der Waals surface area contributed by atoms with Gasteiger partial charge in [0.2, 0.25) is 0 Å². The molecule has 1 aliphatic carbocycles. The van der Waals surface area contributed by atoms with Gasteiger partial charge in [-0.05, 0) is 51.1 Å². The van der Waals surface area contributed by atoms with Crippen LogP contribution in [-0.2, 0) is 0 Å². The number of hydrogen-bond acceptors (Lipinski definition) is 2. The van der Waals surface area contributed by atoms with Crippen molar-refractivity contribution in [1.82, 2.24) is 10.2 Å². The number of nitrogens with one attached hydrogen (secondary N) is 1. The van der Waals surface area contributed by atoms with E-state index in [1.54, 1.807) is 0 Å². The fraction of sp³-hybridized carbons (Fsp3) is 1.00. The molecular formula is C13H26N2. The molecule has 88 valence electrons. The Morgan fingerprint density at radius 2 is 2.00 bits per heavy atom. The van der Waals surface area contributed by atoms with Crippen LogP contribution in [0.5, 0.6) is 0 Å². The van der Waals surface area contributed by atoms with Crippen LogP contribution in [0.15, 0.2) is 0 Å². The Balaban J connectivity index is 1.76. The molecule has 2 heteroatoms. The predicted molar refractivity (Wildman–Crippen MR) is 65.0 cm³/mol. The molecular weight excluding hydrogens is 184 g/mol. The zero-order valence-corrected chi connectivity index (χ0v) is 10.5. The van der Waals surface area contributed by atoms with Crippen LogP contribution < -0.4 is 5.32 Å². The molecule has 0 amide bonds. The third-order valence-electron chi connectivity index (χ3n) is 4.47. The number of likely N-dealkylation sites (N-methyl/N-ethyl adjacent to an activating group) is 1. The average Bonchev–Trinajstić information content (AvgIpc) is 2.15. The van der Waals surface area contributed by atoms with Gasteiger partial charge < -0.3 is 5.32 Å². The van der Waals surface area contributed by atoms with E-state index in [0.717, 1.165) is 23.9 Å². The van der Waals surface area contributed by atoms with Gasteiger partial charge in [-0.15, -0.1) is 0 Å². The highest BCUT2D eigenvalue weighted by molar-refractivity contribution is 4.91. The molecule has 1 unspecified atom stereocenters. The Morgan fingerprint density at radius 3 is 2.60 bits per heavy atom. The van der Waals surface area contributed by atoms with Gasteiger partial charge in [-0.25, -0.2) is 0 Å². The summed E-state index contributed by atoms with van der Waals surface area (Å²) in [6.45, 7) is 7.36. The van der Waals surface area contributed by atoms with Crippen molar-refractivity contribution < 1.29 is 0 Å². The van der Waals surface area contributed by atoms with E-state index in [4.69, 9.17) is 0 Å². The van der Waals surface area contributed by atoms with Crippen LogP contribution in [0.2, 0.25) is 0 Å². The lowest BCUT2D eigenvalue weighted by Gasteiger charge is -2.47. The van der Waals surface area contributed by atoms with Crippen LogP contribution in [0.3, 0.4) is 0 Å². The van der Waals surface area contributed by atoms with Gasteiger partial charge in [0.15, 0.2) is 0 Å². The van der Waals surface area contributed by atoms with E-state index in [0.29, 0.717) is 0 Å². The summed E-state index contributed by atoms with van der Waals surface area (Å²) in [5.74, 6) is 1.90. The Labute approximate surface area is 94.4 Å². The minimum absolute atomic E-state index is 0.747. The highest BCUT2D eigenvalue weighted by atomic mass is 15.2. The molecule has 0 aromatic heterocycles. The molecule has 1 saturated carbocycles. The van der Waals surface area contributed by atoms with Gasteiger partial charge in [-0.2, -0.15) is 0 Å². The van der Waals surface area contributed by atoms with E-state index >= 15 is 0 Å². The van der Waals surface area contributed by atoms with Gasteiger partial charge in [0.05, 0.1) is 0 Å². The summed E-state index contributed by atoms with van der Waals surface area (Å²) in [7, 11) is 2.10. The van der Waals surface area contributed by atoms with Gasteiger partial charge in [-0.1, -0.05) is 13.8 Å². The van der Waals surface area contributed by atoms with Crippen LogP contribution in [0.1, 0.15) is 39.5 Å². The van der Waals surface area contributed by atoms with Crippen molar-refractivity contribution in [2.45, 2.75) is 51.6 Å². The summed E-state index contributed by atoms with van der Waals surface area (Å²) >= 11 is 0. The lowest BCUT2D eigenvalue weighted by atomic mass is 9.72. The summed E-state index contributed by atoms with van der Waals surface area (Å²) in [5, 5.41) is 3.43. The summed E-state index contributed by atoms with van der Waals surface area (Å²) < 4.78 is 0. The second-order valence-corrected chi connectivity index (χ2v) is 5.75. The third kappa shape index (κ3) is 2.54. The van der Waals surface area contributed by atoms with E-state index in [2.05, 4.69) is 31.1 Å². The number of likely N-dealkylation sites (tertiary alicyclic amines) is 1. The van der Waals surface area contributed by atoms with Crippen LogP contribution in [-0.4, -0.2) is 37.1 Å². The number of piperidine rings is 1. The van der Waals surface area contributed by atoms with E-state index in [1.165, 1.54) is 38.8 Å². The summed E-state index contributed by atoms with van der Waals surface area (Å²) in [4.78, 5) is 2.73. The lowest BCUT2D eigenvalue weighted by Crippen LogP contribution is -2.53. The van der Waals surface area contributed by atoms with Crippen LogP contribution in [0.4, 0.5) is 0 Å². The van der Waals surface area contributed by atoms with E-state index in [-0.39, 0.29) is 0 Å². The van der Waals surface area contributed by atoms with Gasteiger partial charge in [0.1, 0.15) is 0 Å². The average molecular weight is 210 g/mol. The minimum atomic E-state index is 0.747. The maximum absolute atomic E-state index is 3.43. The molecule has 0 radical (unpaired) electrons. The molecule has 2 rings (SSSR count). The van der Waals surface area contributed by atoms with Crippen molar-refractivity contribution in [3.63, 3.8) is 0 Å². The van der Waals surface area contributed by atoms with Crippen molar-refractivity contribution in [1.29, 1.82) is 0 Å². The molecule has 0 aromatic carbocycles. The summed E-state index contributed by atoms with van der Waals surface area (Å²) in [6.07, 6.45) is 5.66. The van der Waals surface area contributed by atoms with E-state index in [1.807, 2.05) is 0 Å². The molecule has 1 aliphatic heterocycles. The van der Waals surface area contributed by atoms with Crippen molar-refractivity contribution in [3.05, 3.63) is 0 Å². The predicted octanol–water partition coefficient (Wildman–Crippen LogP) is 2.10. The number of hydrogen-bond donors (Lipinski definition) is 1. The second-order valence-electron chi connectivity index (χ2n) is 5.75. The molecule has 1 atom stereocenters. The largest absolute Gasteiger partial charge is 0.316 e. The molecule has 15 heavy (non-hydrogen) atoms. The number of rotatable bonds is 3. The quantitative estimate of drug-likeness (QED) is 0.767. The van der Waals surface area contributed by atoms with E-state index in [9.17, 15) is 0 Å². The lowest BCUT2D eigenvalue weighted by molar-refractivity contribution is 0.0339. The van der Waals surface area contributed by atoms with Crippen molar-refractivity contribution in [2.24, 2.45) is 11.8 Å². The normalized spacial score (nSPS) is 38.0. The van der Waals surface area contributed by atoms with Gasteiger partial charge >= 0.3 is 0 Å². The molecule has 0 spiro atoms. The zero-order valence-electron chi connectivity index (χ0n) is 10.5. The smallest absolute Gasteiger partial charge is 0.0192 e. The van der Waals surface area contributed by atoms with Gasteiger partial charge in [-0.3, -0.25) is 4.90 Å². The summed E-state index contributed by atoms with van der Waals surface area (Å²) in [5.41, 5.74) is 0. The molecule has 2 aliphatic rings. The molecule has 1 heterocycles.